The Morgan fingerprint density at radius 1 is 1.25 bits per heavy atom. The lowest BCUT2D eigenvalue weighted by Gasteiger charge is -2.15. The Labute approximate surface area is 122 Å². The zero-order chi connectivity index (χ0) is 14.9. The van der Waals surface area contributed by atoms with Crippen LogP contribution in [0.2, 0.25) is 0 Å². The molecule has 1 heterocycles. The van der Waals surface area contributed by atoms with Crippen molar-refractivity contribution in [1.82, 2.24) is 4.31 Å². The van der Waals surface area contributed by atoms with E-state index in [4.69, 9.17) is 18.0 Å². The van der Waals surface area contributed by atoms with Crippen molar-refractivity contribution in [3.8, 4) is 0 Å². The van der Waals surface area contributed by atoms with E-state index in [1.165, 1.54) is 12.1 Å². The molecule has 0 aliphatic carbocycles. The predicted octanol–water partition coefficient (Wildman–Crippen LogP) is -0.759. The fourth-order valence-corrected chi connectivity index (χ4v) is 3.70. The van der Waals surface area contributed by atoms with Crippen molar-refractivity contribution in [1.29, 1.82) is 0 Å². The lowest BCUT2D eigenvalue weighted by atomic mass is 10.1. The molecule has 1 fully saturated rings. The predicted molar refractivity (Wildman–Crippen MR) is 77.7 cm³/mol. The second-order valence-corrected chi connectivity index (χ2v) is 7.21. The second-order valence-electron chi connectivity index (χ2n) is 4.74. The van der Waals surface area contributed by atoms with Crippen molar-refractivity contribution in [2.45, 2.75) is 23.5 Å². The number of hydrogen-bond donors (Lipinski definition) is 3. The summed E-state index contributed by atoms with van der Waals surface area (Å²) in [6.07, 6.45) is -1.67. The summed E-state index contributed by atoms with van der Waals surface area (Å²) in [5.74, 6) is 0. The van der Waals surface area contributed by atoms with Gasteiger partial charge in [-0.05, 0) is 17.7 Å². The number of nitrogens with two attached hydrogens (primary N) is 1. The first-order chi connectivity index (χ1) is 9.30. The molecule has 2 atom stereocenters. The van der Waals surface area contributed by atoms with E-state index in [-0.39, 0.29) is 18.0 Å². The molecule has 0 bridgehead atoms. The minimum atomic E-state index is -3.70. The van der Waals surface area contributed by atoms with E-state index in [0.717, 1.165) is 9.87 Å². The molecule has 110 valence electrons. The molecule has 1 aliphatic heterocycles. The largest absolute Gasteiger partial charge is 0.393 e. The minimum absolute atomic E-state index is 0.0991. The average Bonchev–Trinajstić information content (AvgIpc) is 2.70. The van der Waals surface area contributed by atoms with Gasteiger partial charge in [0.15, 0.2) is 0 Å². The monoisotopic (exact) mass is 316 g/mol. The Hall–Kier alpha value is -1.06. The number of benzene rings is 1. The van der Waals surface area contributed by atoms with Crippen LogP contribution in [0.25, 0.3) is 0 Å². The van der Waals surface area contributed by atoms with Gasteiger partial charge in [0.1, 0.15) is 0 Å². The Morgan fingerprint density at radius 2 is 1.75 bits per heavy atom. The average molecular weight is 316 g/mol. The molecule has 0 saturated carbocycles. The Balaban J connectivity index is 2.20. The van der Waals surface area contributed by atoms with Gasteiger partial charge < -0.3 is 15.9 Å². The van der Waals surface area contributed by atoms with Crippen molar-refractivity contribution >= 4 is 27.2 Å². The fraction of sp³-hybridized carbons (Fsp3) is 0.417. The summed E-state index contributed by atoms with van der Waals surface area (Å²) in [6, 6.07) is 6.24. The Morgan fingerprint density at radius 3 is 2.20 bits per heavy atom. The molecule has 1 aliphatic rings. The van der Waals surface area contributed by atoms with Crippen molar-refractivity contribution in [2.75, 3.05) is 13.1 Å². The van der Waals surface area contributed by atoms with Gasteiger partial charge in [0.05, 0.1) is 22.1 Å². The number of nitrogens with zero attached hydrogens (tertiary/aromatic N) is 1. The van der Waals surface area contributed by atoms with Gasteiger partial charge in [-0.15, -0.1) is 0 Å². The molecular weight excluding hydrogens is 300 g/mol. The Kier molecular flexibility index (Phi) is 4.40. The van der Waals surface area contributed by atoms with Crippen molar-refractivity contribution in [3.05, 3.63) is 29.8 Å². The first kappa shape index (κ1) is 15.3. The van der Waals surface area contributed by atoms with E-state index >= 15 is 0 Å². The van der Waals surface area contributed by atoms with Crippen LogP contribution in [0.15, 0.2) is 29.2 Å². The quantitative estimate of drug-likeness (QED) is 0.631. The molecule has 0 amide bonds. The molecule has 1 saturated heterocycles. The van der Waals surface area contributed by atoms with Gasteiger partial charge in [-0.3, -0.25) is 0 Å². The van der Waals surface area contributed by atoms with E-state index in [9.17, 15) is 18.6 Å². The van der Waals surface area contributed by atoms with E-state index in [2.05, 4.69) is 0 Å². The summed E-state index contributed by atoms with van der Waals surface area (Å²) in [6.45, 7) is -0.198. The first-order valence-corrected chi connectivity index (χ1v) is 7.89. The third kappa shape index (κ3) is 3.15. The van der Waals surface area contributed by atoms with Gasteiger partial charge in [0, 0.05) is 19.5 Å². The number of β-amino-alcohol motifs (C(OH)–C–C–N with tert-alkyl or cyclic N) is 2. The zero-order valence-corrected chi connectivity index (χ0v) is 12.3. The number of aliphatic hydroxyl groups excluding tert-OH is 2. The molecule has 0 aromatic heterocycles. The molecule has 0 spiro atoms. The molecule has 0 radical (unpaired) electrons. The third-order valence-corrected chi connectivity index (χ3v) is 5.16. The normalized spacial score (nSPS) is 23.9. The highest BCUT2D eigenvalue weighted by atomic mass is 32.2. The highest BCUT2D eigenvalue weighted by molar-refractivity contribution is 7.89. The number of sulfonamides is 1. The molecule has 4 N–H and O–H groups in total. The van der Waals surface area contributed by atoms with Crippen molar-refractivity contribution < 1.29 is 18.6 Å². The molecule has 2 rings (SSSR count). The summed E-state index contributed by atoms with van der Waals surface area (Å²) in [5, 5.41) is 18.9. The van der Waals surface area contributed by atoms with Gasteiger partial charge >= 0.3 is 0 Å². The molecular formula is C12H16N2O4S2. The summed E-state index contributed by atoms with van der Waals surface area (Å²) >= 11 is 4.79. The van der Waals surface area contributed by atoms with Gasteiger partial charge in [-0.1, -0.05) is 24.4 Å². The zero-order valence-electron chi connectivity index (χ0n) is 10.6. The summed E-state index contributed by atoms with van der Waals surface area (Å²) in [5.41, 5.74) is 6.26. The minimum Gasteiger partial charge on any atom is -0.393 e. The van der Waals surface area contributed by atoms with Crippen molar-refractivity contribution in [2.24, 2.45) is 5.73 Å². The van der Waals surface area contributed by atoms with Crippen molar-refractivity contribution in [3.63, 3.8) is 0 Å². The van der Waals surface area contributed by atoms with Crippen LogP contribution in [0.3, 0.4) is 0 Å². The van der Waals surface area contributed by atoms with Crippen LogP contribution in [0.5, 0.6) is 0 Å². The standard InChI is InChI=1S/C12H16N2O4S2/c13-12(19)5-8-1-3-9(4-2-8)20(17,18)14-6-10(15)11(16)7-14/h1-4,10-11,15-16H,5-7H2,(H2,13,19). The van der Waals surface area contributed by atoms with Crippen LogP contribution in [0.1, 0.15) is 5.56 Å². The maximum Gasteiger partial charge on any atom is 0.243 e. The van der Waals surface area contributed by atoms with Gasteiger partial charge in [-0.2, -0.15) is 4.31 Å². The number of rotatable bonds is 4. The summed E-state index contributed by atoms with van der Waals surface area (Å²) < 4.78 is 25.7. The smallest absolute Gasteiger partial charge is 0.243 e. The third-order valence-electron chi connectivity index (χ3n) is 3.17. The van der Waals surface area contributed by atoms with E-state index in [1.54, 1.807) is 12.1 Å². The maximum atomic E-state index is 12.3. The molecule has 1 aromatic rings. The van der Waals surface area contributed by atoms with Crippen LogP contribution in [0, 0.1) is 0 Å². The van der Waals surface area contributed by atoms with Crippen LogP contribution < -0.4 is 5.73 Å². The first-order valence-electron chi connectivity index (χ1n) is 6.04. The second kappa shape index (κ2) is 5.74. The van der Waals surface area contributed by atoms with Crippen LogP contribution in [0.4, 0.5) is 0 Å². The maximum absolute atomic E-state index is 12.3. The van der Waals surface area contributed by atoms with E-state index in [1.807, 2.05) is 0 Å². The highest BCUT2D eigenvalue weighted by Gasteiger charge is 2.37. The fourth-order valence-electron chi connectivity index (χ4n) is 2.06. The molecule has 20 heavy (non-hydrogen) atoms. The lowest BCUT2D eigenvalue weighted by Crippen LogP contribution is -2.30. The molecule has 8 heteroatoms. The number of hydrogen-bond acceptors (Lipinski definition) is 5. The van der Waals surface area contributed by atoms with Crippen LogP contribution >= 0.6 is 12.2 Å². The topological polar surface area (TPSA) is 104 Å². The molecule has 2 unspecified atom stereocenters. The highest BCUT2D eigenvalue weighted by Crippen LogP contribution is 2.21. The Bertz CT molecular complexity index is 590. The van der Waals surface area contributed by atoms with Crippen LogP contribution in [-0.4, -0.2) is 53.2 Å². The van der Waals surface area contributed by atoms with E-state index in [0.29, 0.717) is 11.4 Å². The van der Waals surface area contributed by atoms with Gasteiger partial charge in [0.25, 0.3) is 0 Å². The van der Waals surface area contributed by atoms with Crippen LogP contribution in [-0.2, 0) is 16.4 Å². The number of thiocarbonyl (C=S) groups is 1. The lowest BCUT2D eigenvalue weighted by molar-refractivity contribution is 0.0572. The SMILES string of the molecule is NC(=S)Cc1ccc(S(=O)(=O)N2CC(O)C(O)C2)cc1. The summed E-state index contributed by atoms with van der Waals surface area (Å²) in [4.78, 5) is 0.455. The van der Waals surface area contributed by atoms with Gasteiger partial charge in [-0.25, -0.2) is 8.42 Å². The van der Waals surface area contributed by atoms with Gasteiger partial charge in [0.2, 0.25) is 10.0 Å². The number of aliphatic hydroxyl groups is 2. The van der Waals surface area contributed by atoms with E-state index < -0.39 is 22.2 Å². The molecule has 1 aromatic carbocycles. The summed E-state index contributed by atoms with van der Waals surface area (Å²) in [7, 11) is -3.70. The molecule has 6 nitrogen and oxygen atoms in total.